The molecule has 1 aromatic heterocycles. The van der Waals surface area contributed by atoms with Crippen molar-refractivity contribution in [2.24, 2.45) is 0 Å². The van der Waals surface area contributed by atoms with Gasteiger partial charge in [0.1, 0.15) is 0 Å². The van der Waals surface area contributed by atoms with Gasteiger partial charge < -0.3 is 0 Å². The van der Waals surface area contributed by atoms with Gasteiger partial charge in [0.25, 0.3) is 0 Å². The average molecular weight is 267 g/mol. The van der Waals surface area contributed by atoms with E-state index in [9.17, 15) is 0 Å². The molecule has 0 saturated heterocycles. The van der Waals surface area contributed by atoms with Crippen LogP contribution in [0.5, 0.6) is 0 Å². The Balaban J connectivity index is 1.94. The van der Waals surface area contributed by atoms with Gasteiger partial charge in [0.15, 0.2) is 0 Å². The Morgan fingerprint density at radius 2 is 1.74 bits per heavy atom. The zero-order chi connectivity index (χ0) is 13.1. The van der Waals surface area contributed by atoms with Gasteiger partial charge in [-0.05, 0) is 29.8 Å². The number of nitrogens with zero attached hydrogens (tertiary/aromatic N) is 2. The van der Waals surface area contributed by atoms with E-state index >= 15 is 0 Å². The van der Waals surface area contributed by atoms with Gasteiger partial charge in [0.2, 0.25) is 0 Å². The molecular weight excluding hydrogens is 256 g/mol. The molecule has 0 unspecified atom stereocenters. The highest BCUT2D eigenvalue weighted by Gasteiger charge is 1.98. The molecule has 3 rings (SSSR count). The van der Waals surface area contributed by atoms with Crippen molar-refractivity contribution in [2.45, 2.75) is 0 Å². The summed E-state index contributed by atoms with van der Waals surface area (Å²) in [7, 11) is 0. The first kappa shape index (κ1) is 11.9. The minimum absolute atomic E-state index is 0.675. The zero-order valence-electron chi connectivity index (χ0n) is 10.1. The molecule has 3 aromatic rings. The topological polar surface area (TPSA) is 25.8 Å². The Morgan fingerprint density at radius 3 is 2.58 bits per heavy atom. The first-order chi connectivity index (χ1) is 9.31. The summed E-state index contributed by atoms with van der Waals surface area (Å²) >= 11 is 5.92. The molecule has 0 aliphatic rings. The largest absolute Gasteiger partial charge is 0.252 e. The molecule has 3 heteroatoms. The van der Waals surface area contributed by atoms with Gasteiger partial charge in [-0.25, -0.2) is 4.98 Å². The number of aromatic nitrogens is 2. The van der Waals surface area contributed by atoms with E-state index in [0.29, 0.717) is 5.02 Å². The van der Waals surface area contributed by atoms with Crippen LogP contribution in [0.25, 0.3) is 23.2 Å². The summed E-state index contributed by atoms with van der Waals surface area (Å²) in [5.41, 5.74) is 3.63. The fraction of sp³-hybridized carbons (Fsp3) is 0. The van der Waals surface area contributed by atoms with Crippen LogP contribution in [0.4, 0.5) is 0 Å². The van der Waals surface area contributed by atoms with E-state index in [2.05, 4.69) is 9.97 Å². The lowest BCUT2D eigenvalue weighted by molar-refractivity contribution is 1.27. The van der Waals surface area contributed by atoms with Crippen LogP contribution >= 0.6 is 11.6 Å². The summed E-state index contributed by atoms with van der Waals surface area (Å²) in [5, 5.41) is 0.675. The van der Waals surface area contributed by atoms with Crippen molar-refractivity contribution in [1.82, 2.24) is 9.97 Å². The highest BCUT2D eigenvalue weighted by molar-refractivity contribution is 6.31. The second-order valence-electron chi connectivity index (χ2n) is 4.17. The lowest BCUT2D eigenvalue weighted by Gasteiger charge is -1.99. The third-order valence-corrected chi connectivity index (χ3v) is 3.00. The van der Waals surface area contributed by atoms with Crippen molar-refractivity contribution in [3.05, 3.63) is 71.0 Å². The Labute approximate surface area is 116 Å². The van der Waals surface area contributed by atoms with E-state index in [0.717, 1.165) is 22.3 Å². The first-order valence-electron chi connectivity index (χ1n) is 5.97. The number of hydrogen-bond donors (Lipinski definition) is 0. The Morgan fingerprint density at radius 1 is 0.895 bits per heavy atom. The number of hydrogen-bond acceptors (Lipinski definition) is 2. The molecule has 0 saturated carbocycles. The van der Waals surface area contributed by atoms with Crippen molar-refractivity contribution >= 4 is 34.8 Å². The Bertz CT molecular complexity index is 736. The molecule has 0 radical (unpaired) electrons. The predicted octanol–water partition coefficient (Wildman–Crippen LogP) is 4.45. The second kappa shape index (κ2) is 5.21. The molecule has 0 amide bonds. The van der Waals surface area contributed by atoms with Crippen LogP contribution in [0.1, 0.15) is 11.3 Å². The molecule has 2 aromatic carbocycles. The molecular formula is C16H11ClN2. The smallest absolute Gasteiger partial charge is 0.0902 e. The highest BCUT2D eigenvalue weighted by atomic mass is 35.5. The van der Waals surface area contributed by atoms with Gasteiger partial charge in [0, 0.05) is 5.02 Å². The Kier molecular flexibility index (Phi) is 3.25. The van der Waals surface area contributed by atoms with Crippen molar-refractivity contribution in [1.29, 1.82) is 0 Å². The molecule has 0 aliphatic carbocycles. The normalized spacial score (nSPS) is 11.2. The molecule has 0 spiro atoms. The van der Waals surface area contributed by atoms with Crippen molar-refractivity contribution in [3.63, 3.8) is 0 Å². The fourth-order valence-corrected chi connectivity index (χ4v) is 1.99. The lowest BCUT2D eigenvalue weighted by atomic mass is 10.2. The molecule has 0 N–H and O–H groups in total. The Hall–Kier alpha value is -2.19. The van der Waals surface area contributed by atoms with Crippen LogP contribution in [-0.2, 0) is 0 Å². The quantitative estimate of drug-likeness (QED) is 0.685. The summed E-state index contributed by atoms with van der Waals surface area (Å²) < 4.78 is 0. The standard InChI is InChI=1S/C16H11ClN2/c17-13-7-9-15-16(10-13)18-11-14(19-15)8-6-12-4-2-1-3-5-12/h1-11H. The van der Waals surface area contributed by atoms with Crippen LogP contribution in [0.15, 0.2) is 54.7 Å². The summed E-state index contributed by atoms with van der Waals surface area (Å²) in [5.74, 6) is 0. The van der Waals surface area contributed by atoms with Gasteiger partial charge >= 0.3 is 0 Å². The number of rotatable bonds is 2. The minimum atomic E-state index is 0.675. The van der Waals surface area contributed by atoms with E-state index in [1.165, 1.54) is 0 Å². The molecule has 0 fully saturated rings. The number of fused-ring (bicyclic) bond motifs is 1. The predicted molar refractivity (Wildman–Crippen MR) is 79.9 cm³/mol. The highest BCUT2D eigenvalue weighted by Crippen LogP contribution is 2.16. The molecule has 0 atom stereocenters. The summed E-state index contributed by atoms with van der Waals surface area (Å²) in [6.45, 7) is 0. The monoisotopic (exact) mass is 266 g/mol. The zero-order valence-corrected chi connectivity index (χ0v) is 10.9. The van der Waals surface area contributed by atoms with Crippen molar-refractivity contribution < 1.29 is 0 Å². The summed E-state index contributed by atoms with van der Waals surface area (Å²) in [6, 6.07) is 15.6. The van der Waals surface area contributed by atoms with Gasteiger partial charge in [0.05, 0.1) is 22.9 Å². The van der Waals surface area contributed by atoms with Gasteiger partial charge in [-0.3, -0.25) is 4.98 Å². The van der Waals surface area contributed by atoms with Gasteiger partial charge in [-0.1, -0.05) is 48.0 Å². The third kappa shape index (κ3) is 2.80. The van der Waals surface area contributed by atoms with Gasteiger partial charge in [-0.2, -0.15) is 0 Å². The lowest BCUT2D eigenvalue weighted by Crippen LogP contribution is -1.87. The maximum absolute atomic E-state index is 5.92. The van der Waals surface area contributed by atoms with E-state index in [-0.39, 0.29) is 0 Å². The van der Waals surface area contributed by atoms with Crippen molar-refractivity contribution in [3.8, 4) is 0 Å². The summed E-state index contributed by atoms with van der Waals surface area (Å²) in [4.78, 5) is 8.88. The van der Waals surface area contributed by atoms with E-state index in [1.54, 1.807) is 6.20 Å². The SMILES string of the molecule is Clc1ccc2nc(C=Cc3ccccc3)cnc2c1. The molecule has 19 heavy (non-hydrogen) atoms. The van der Waals surface area contributed by atoms with E-state index in [4.69, 9.17) is 11.6 Å². The third-order valence-electron chi connectivity index (χ3n) is 2.77. The molecule has 92 valence electrons. The second-order valence-corrected chi connectivity index (χ2v) is 4.61. The minimum Gasteiger partial charge on any atom is -0.252 e. The average Bonchev–Trinajstić information content (AvgIpc) is 2.46. The van der Waals surface area contributed by atoms with Crippen LogP contribution < -0.4 is 0 Å². The molecule has 0 bridgehead atoms. The number of benzene rings is 2. The van der Waals surface area contributed by atoms with Crippen LogP contribution in [0.2, 0.25) is 5.02 Å². The molecule has 2 nitrogen and oxygen atoms in total. The van der Waals surface area contributed by atoms with Crippen LogP contribution in [0, 0.1) is 0 Å². The first-order valence-corrected chi connectivity index (χ1v) is 6.34. The maximum Gasteiger partial charge on any atom is 0.0902 e. The molecule has 0 aliphatic heterocycles. The van der Waals surface area contributed by atoms with Crippen molar-refractivity contribution in [2.75, 3.05) is 0 Å². The maximum atomic E-state index is 5.92. The summed E-state index contributed by atoms with van der Waals surface area (Å²) in [6.07, 6.45) is 5.72. The van der Waals surface area contributed by atoms with Crippen LogP contribution in [0.3, 0.4) is 0 Å². The number of halogens is 1. The van der Waals surface area contributed by atoms with Crippen LogP contribution in [-0.4, -0.2) is 9.97 Å². The van der Waals surface area contributed by atoms with E-state index < -0.39 is 0 Å². The van der Waals surface area contributed by atoms with E-state index in [1.807, 2.05) is 60.7 Å². The molecule has 1 heterocycles. The van der Waals surface area contributed by atoms with Gasteiger partial charge in [-0.15, -0.1) is 0 Å². The fourth-order valence-electron chi connectivity index (χ4n) is 1.82.